The van der Waals surface area contributed by atoms with Crippen LogP contribution in [0.1, 0.15) is 6.42 Å². The molecule has 1 unspecified atom stereocenters. The summed E-state index contributed by atoms with van der Waals surface area (Å²) < 4.78 is 0. The Labute approximate surface area is 86.1 Å². The first-order chi connectivity index (χ1) is 5.46. The van der Waals surface area contributed by atoms with E-state index in [1.165, 1.54) is 0 Å². The van der Waals surface area contributed by atoms with Gasteiger partial charge >= 0.3 is 12.0 Å². The zero-order valence-electron chi connectivity index (χ0n) is 6.48. The van der Waals surface area contributed by atoms with Crippen molar-refractivity contribution >= 4 is 45.3 Å². The van der Waals surface area contributed by atoms with E-state index in [2.05, 4.69) is 5.32 Å². The van der Waals surface area contributed by atoms with Gasteiger partial charge in [0.2, 0.25) is 0 Å². The number of carbonyl (C=O) groups excluding carboxylic acids is 1. The van der Waals surface area contributed by atoms with Gasteiger partial charge in [-0.25, -0.2) is 4.79 Å². The summed E-state index contributed by atoms with van der Waals surface area (Å²) in [5, 5.41) is 2.50. The van der Waals surface area contributed by atoms with E-state index in [4.69, 9.17) is 33.2 Å². The van der Waals surface area contributed by atoms with Gasteiger partial charge in [0.1, 0.15) is 0 Å². The van der Waals surface area contributed by atoms with Gasteiger partial charge in [0.15, 0.2) is 0 Å². The van der Waals surface area contributed by atoms with Crippen molar-refractivity contribution in [2.75, 3.05) is 13.6 Å². The first-order valence-electron chi connectivity index (χ1n) is 3.52. The Hall–Kier alpha value is 0.357. The molecule has 0 aromatic heterocycles. The molecule has 2 amide bonds. The number of nitrogens with zero attached hydrogens (tertiary/aromatic N) is 1. The predicted molar refractivity (Wildman–Crippen MR) is 52.9 cm³/mol. The van der Waals surface area contributed by atoms with Crippen LogP contribution in [0.4, 0.5) is 4.79 Å². The third-order valence-electron chi connectivity index (χ3n) is 1.87. The van der Waals surface area contributed by atoms with E-state index in [0.717, 1.165) is 6.42 Å². The number of likely N-dealkylation sites (tertiary alicyclic amines) is 1. The lowest BCUT2D eigenvalue weighted by molar-refractivity contribution is 0.152. The lowest BCUT2D eigenvalue weighted by Gasteiger charge is -2.43. The van der Waals surface area contributed by atoms with E-state index in [1.807, 2.05) is 0 Å². The molecule has 1 heterocycles. The zero-order chi connectivity index (χ0) is 9.35. The van der Waals surface area contributed by atoms with E-state index in [-0.39, 0.29) is 11.7 Å². The highest BCUT2D eigenvalue weighted by Crippen LogP contribution is 2.35. The molecule has 1 fully saturated rings. The van der Waals surface area contributed by atoms with Crippen LogP contribution in [0, 0.1) is 0 Å². The second-order valence-electron chi connectivity index (χ2n) is 2.59. The van der Waals surface area contributed by atoms with Crippen LogP contribution in [0.3, 0.4) is 0 Å². The maximum Gasteiger partial charge on any atom is 0.362 e. The molecule has 1 atom stereocenters. The largest absolute Gasteiger partial charge is 0.362 e. The number of hydrogen-bond acceptors (Lipinski definition) is 1. The molecule has 0 spiro atoms. The highest BCUT2D eigenvalue weighted by Gasteiger charge is 2.48. The van der Waals surface area contributed by atoms with E-state index in [1.54, 1.807) is 11.9 Å². The number of amides is 2. The van der Waals surface area contributed by atoms with Crippen LogP contribution in [0.2, 0.25) is 0 Å². The fourth-order valence-corrected chi connectivity index (χ4v) is 4.21. The summed E-state index contributed by atoms with van der Waals surface area (Å²) in [5.41, 5.74) is -0.151. The maximum absolute atomic E-state index is 11.1. The van der Waals surface area contributed by atoms with Crippen molar-refractivity contribution in [2.45, 2.75) is 12.1 Å². The molecule has 0 aromatic carbocycles. The number of carbonyl (C=O) groups is 1. The van der Waals surface area contributed by atoms with Crippen molar-refractivity contribution in [2.24, 2.45) is 0 Å². The molecule has 0 saturated carbocycles. The third-order valence-corrected chi connectivity index (χ3v) is 5.50. The minimum atomic E-state index is -2.73. The SMILES string of the molecule is CNC(=O)N1CCC1[Si](Cl)(Cl)Cl. The Kier molecular flexibility index (Phi) is 3.14. The van der Waals surface area contributed by atoms with Crippen molar-refractivity contribution in [3.63, 3.8) is 0 Å². The van der Waals surface area contributed by atoms with E-state index in [0.29, 0.717) is 6.54 Å². The first-order valence-corrected chi connectivity index (χ1v) is 8.63. The normalized spacial score (nSPS) is 23.3. The van der Waals surface area contributed by atoms with Crippen LogP contribution >= 0.6 is 33.2 Å². The van der Waals surface area contributed by atoms with Gasteiger partial charge < -0.3 is 10.2 Å². The van der Waals surface area contributed by atoms with E-state index < -0.39 is 6.00 Å². The Morgan fingerprint density at radius 2 is 2.17 bits per heavy atom. The summed E-state index contributed by atoms with van der Waals surface area (Å²) in [6, 6.07) is -2.90. The summed E-state index contributed by atoms with van der Waals surface area (Å²) >= 11 is 17.3. The van der Waals surface area contributed by atoms with Gasteiger partial charge in [0.25, 0.3) is 0 Å². The van der Waals surface area contributed by atoms with Crippen molar-refractivity contribution in [1.29, 1.82) is 0 Å². The van der Waals surface area contributed by atoms with Crippen LogP contribution < -0.4 is 5.32 Å². The van der Waals surface area contributed by atoms with E-state index in [9.17, 15) is 4.79 Å². The molecule has 0 radical (unpaired) electrons. The minimum Gasteiger partial charge on any atom is -0.341 e. The Balaban J connectivity index is 2.55. The molecule has 1 saturated heterocycles. The molecule has 1 rings (SSSR count). The molecule has 12 heavy (non-hydrogen) atoms. The minimum absolute atomic E-state index is 0.151. The number of rotatable bonds is 1. The summed E-state index contributed by atoms with van der Waals surface area (Å²) in [5.74, 6) is 0. The monoisotopic (exact) mass is 246 g/mol. The molecule has 7 heteroatoms. The smallest absolute Gasteiger partial charge is 0.341 e. The second-order valence-corrected chi connectivity index (χ2v) is 11.5. The first kappa shape index (κ1) is 10.4. The van der Waals surface area contributed by atoms with Crippen LogP contribution in [-0.4, -0.2) is 36.2 Å². The number of nitrogens with one attached hydrogen (secondary N) is 1. The molecule has 0 aliphatic carbocycles. The summed E-state index contributed by atoms with van der Waals surface area (Å²) in [4.78, 5) is 12.7. The average molecular weight is 248 g/mol. The summed E-state index contributed by atoms with van der Waals surface area (Å²) in [6.07, 6.45) is 0.802. The highest BCUT2D eigenvalue weighted by atomic mass is 35.8. The molecule has 1 aliphatic heterocycles. The molecular formula is C5H9Cl3N2OSi. The summed E-state index contributed by atoms with van der Waals surface area (Å²) in [7, 11) is 1.57. The lowest BCUT2D eigenvalue weighted by atomic mass is 10.2. The van der Waals surface area contributed by atoms with Gasteiger partial charge in [-0.05, 0) is 6.42 Å². The maximum atomic E-state index is 11.1. The fraction of sp³-hybridized carbons (Fsp3) is 0.800. The Morgan fingerprint density at radius 1 is 1.58 bits per heavy atom. The molecule has 3 nitrogen and oxygen atoms in total. The van der Waals surface area contributed by atoms with Gasteiger partial charge in [-0.15, -0.1) is 33.2 Å². The lowest BCUT2D eigenvalue weighted by Crippen LogP contribution is -2.61. The molecule has 70 valence electrons. The zero-order valence-corrected chi connectivity index (χ0v) is 9.75. The van der Waals surface area contributed by atoms with Crippen LogP contribution in [-0.2, 0) is 0 Å². The number of urea groups is 1. The van der Waals surface area contributed by atoms with Gasteiger partial charge in [-0.2, -0.15) is 0 Å². The topological polar surface area (TPSA) is 32.3 Å². The van der Waals surface area contributed by atoms with Crippen molar-refractivity contribution in [3.05, 3.63) is 0 Å². The second kappa shape index (κ2) is 3.62. The quantitative estimate of drug-likeness (QED) is 0.554. The molecule has 0 aromatic rings. The number of halogens is 3. The van der Waals surface area contributed by atoms with Gasteiger partial charge in [-0.1, -0.05) is 0 Å². The van der Waals surface area contributed by atoms with Crippen molar-refractivity contribution in [1.82, 2.24) is 10.2 Å². The van der Waals surface area contributed by atoms with Crippen LogP contribution in [0.5, 0.6) is 0 Å². The van der Waals surface area contributed by atoms with Crippen molar-refractivity contribution in [3.8, 4) is 0 Å². The Bertz CT molecular complexity index is 196. The Morgan fingerprint density at radius 3 is 2.42 bits per heavy atom. The average Bonchev–Trinajstić information content (AvgIpc) is 1.80. The van der Waals surface area contributed by atoms with Gasteiger partial charge in [0, 0.05) is 13.6 Å². The molecule has 1 aliphatic rings. The predicted octanol–water partition coefficient (Wildman–Crippen LogP) is 1.59. The van der Waals surface area contributed by atoms with Crippen LogP contribution in [0.15, 0.2) is 0 Å². The third kappa shape index (κ3) is 1.99. The molecule has 0 bridgehead atoms. The summed E-state index contributed by atoms with van der Waals surface area (Å²) in [6.45, 7) is 0.686. The fourth-order valence-electron chi connectivity index (χ4n) is 1.11. The standard InChI is InChI=1S/C5H9Cl3N2OSi/c1-9-5(11)10-3-2-4(10)12(6,7)8/h4H,2-3H2,1H3,(H,9,11). The molecule has 1 N–H and O–H groups in total. The highest BCUT2D eigenvalue weighted by molar-refractivity contribution is 7.65. The molecular weight excluding hydrogens is 239 g/mol. The van der Waals surface area contributed by atoms with E-state index >= 15 is 0 Å². The van der Waals surface area contributed by atoms with Gasteiger partial charge in [-0.3, -0.25) is 0 Å². The van der Waals surface area contributed by atoms with Crippen molar-refractivity contribution < 1.29 is 4.79 Å². The van der Waals surface area contributed by atoms with Gasteiger partial charge in [0.05, 0.1) is 5.67 Å². The van der Waals surface area contributed by atoms with Crippen LogP contribution in [0.25, 0.3) is 0 Å². The number of hydrogen-bond donors (Lipinski definition) is 1.